The lowest BCUT2D eigenvalue weighted by Gasteiger charge is -2.16. The Morgan fingerprint density at radius 3 is 2.85 bits per heavy atom. The largest absolute Gasteiger partial charge is 0.503 e. The van der Waals surface area contributed by atoms with Gasteiger partial charge in [-0.1, -0.05) is 18.2 Å². The molecule has 2 aromatic rings. The summed E-state index contributed by atoms with van der Waals surface area (Å²) in [5, 5.41) is 9.97. The van der Waals surface area contributed by atoms with Gasteiger partial charge in [0.1, 0.15) is 0 Å². The molecule has 1 heterocycles. The molecule has 2 aromatic carbocycles. The minimum absolute atomic E-state index is 0.0308. The fraction of sp³-hybridized carbons (Fsp3) is 0.238. The number of hydrogen-bond donors (Lipinski definition) is 1. The number of nitrogens with zero attached hydrogens (tertiary/aromatic N) is 1. The van der Waals surface area contributed by atoms with Gasteiger partial charge in [-0.25, -0.2) is 0 Å². The van der Waals surface area contributed by atoms with Gasteiger partial charge >= 0.3 is 0 Å². The summed E-state index contributed by atoms with van der Waals surface area (Å²) < 4.78 is 5.89. The van der Waals surface area contributed by atoms with Gasteiger partial charge in [0.05, 0.1) is 11.1 Å². The first-order valence-corrected chi connectivity index (χ1v) is 9.57. The number of benzene rings is 2. The molecule has 0 aliphatic carbocycles. The number of halogens is 1. The van der Waals surface area contributed by atoms with Gasteiger partial charge in [0, 0.05) is 24.2 Å². The molecule has 1 N–H and O–H groups in total. The fourth-order valence-electron chi connectivity index (χ4n) is 2.97. The van der Waals surface area contributed by atoms with E-state index in [1.807, 2.05) is 13.0 Å². The third kappa shape index (κ3) is 4.39. The van der Waals surface area contributed by atoms with Crippen molar-refractivity contribution in [3.8, 4) is 11.5 Å². The van der Waals surface area contributed by atoms with Gasteiger partial charge < -0.3 is 14.7 Å². The van der Waals surface area contributed by atoms with Crippen molar-refractivity contribution in [1.29, 1.82) is 0 Å². The van der Waals surface area contributed by atoms with Crippen molar-refractivity contribution in [2.45, 2.75) is 19.8 Å². The van der Waals surface area contributed by atoms with E-state index in [-0.39, 0.29) is 17.4 Å². The van der Waals surface area contributed by atoms with Crippen LogP contribution in [0.1, 0.15) is 35.7 Å². The molecule has 0 unspecified atom stereocenters. The Hall–Kier alpha value is -2.60. The van der Waals surface area contributed by atoms with Crippen molar-refractivity contribution < 1.29 is 19.4 Å². The number of ether oxygens (including phenoxy) is 1. The van der Waals surface area contributed by atoms with Crippen LogP contribution in [0.25, 0.3) is 6.08 Å². The molecular formula is C21H20BrNO4. The van der Waals surface area contributed by atoms with Gasteiger partial charge in [-0.3, -0.25) is 9.59 Å². The van der Waals surface area contributed by atoms with E-state index in [1.165, 1.54) is 6.08 Å². The summed E-state index contributed by atoms with van der Waals surface area (Å²) in [4.78, 5) is 26.2. The van der Waals surface area contributed by atoms with Crippen LogP contribution < -0.4 is 9.64 Å². The van der Waals surface area contributed by atoms with Crippen LogP contribution in [0.3, 0.4) is 0 Å². The van der Waals surface area contributed by atoms with Crippen LogP contribution in [0.15, 0.2) is 46.9 Å². The van der Waals surface area contributed by atoms with E-state index in [0.717, 1.165) is 17.7 Å². The second-order valence-corrected chi connectivity index (χ2v) is 7.03. The van der Waals surface area contributed by atoms with Crippen LogP contribution in [0.2, 0.25) is 0 Å². The Kier molecular flexibility index (Phi) is 5.96. The molecule has 0 aromatic heterocycles. The van der Waals surface area contributed by atoms with Gasteiger partial charge in [0.15, 0.2) is 17.3 Å². The maximum absolute atomic E-state index is 12.5. The number of phenolic OH excluding ortho intramolecular Hbond substituents is 1. The van der Waals surface area contributed by atoms with E-state index in [1.54, 1.807) is 41.3 Å². The van der Waals surface area contributed by atoms with Crippen LogP contribution in [-0.4, -0.2) is 29.9 Å². The molecule has 1 fully saturated rings. The second-order valence-electron chi connectivity index (χ2n) is 6.18. The van der Waals surface area contributed by atoms with Gasteiger partial charge in [-0.2, -0.15) is 0 Å². The molecule has 1 aliphatic heterocycles. The van der Waals surface area contributed by atoms with Crippen LogP contribution in [0.4, 0.5) is 5.69 Å². The molecule has 0 saturated carbocycles. The highest BCUT2D eigenvalue weighted by molar-refractivity contribution is 9.10. The summed E-state index contributed by atoms with van der Waals surface area (Å²) in [6, 6.07) is 10.5. The molecule has 0 radical (unpaired) electrons. The number of carbonyl (C=O) groups is 2. The summed E-state index contributed by atoms with van der Waals surface area (Å²) in [6.07, 6.45) is 4.53. The van der Waals surface area contributed by atoms with Crippen molar-refractivity contribution in [2.75, 3.05) is 18.1 Å². The predicted molar refractivity (Wildman–Crippen MR) is 108 cm³/mol. The molecule has 140 valence electrons. The lowest BCUT2D eigenvalue weighted by molar-refractivity contribution is -0.117. The highest BCUT2D eigenvalue weighted by Gasteiger charge is 2.22. The van der Waals surface area contributed by atoms with Crippen LogP contribution in [0, 0.1) is 0 Å². The average Bonchev–Trinajstić information content (AvgIpc) is 3.10. The Morgan fingerprint density at radius 1 is 1.33 bits per heavy atom. The Balaban J connectivity index is 1.80. The number of aromatic hydroxyl groups is 1. The maximum atomic E-state index is 12.5. The van der Waals surface area contributed by atoms with Gasteiger partial charge in [0.25, 0.3) is 0 Å². The molecule has 3 rings (SSSR count). The van der Waals surface area contributed by atoms with E-state index in [4.69, 9.17) is 4.74 Å². The van der Waals surface area contributed by atoms with Crippen molar-refractivity contribution in [2.24, 2.45) is 0 Å². The highest BCUT2D eigenvalue weighted by atomic mass is 79.9. The number of anilines is 1. The van der Waals surface area contributed by atoms with Gasteiger partial charge in [0.2, 0.25) is 5.91 Å². The van der Waals surface area contributed by atoms with Crippen LogP contribution in [0.5, 0.6) is 11.5 Å². The van der Waals surface area contributed by atoms with E-state index in [9.17, 15) is 14.7 Å². The SMILES string of the molecule is CCOc1cc(/C=C\C(=O)c2cccc(N3CCCC3=O)c2)cc(Br)c1O. The number of phenols is 1. The van der Waals surface area contributed by atoms with Crippen molar-refractivity contribution in [3.05, 3.63) is 58.1 Å². The summed E-state index contributed by atoms with van der Waals surface area (Å²) in [5.74, 6) is 0.315. The first kappa shape index (κ1) is 19.2. The number of allylic oxidation sites excluding steroid dienone is 1. The van der Waals surface area contributed by atoms with Crippen molar-refractivity contribution >= 4 is 39.4 Å². The van der Waals surface area contributed by atoms with E-state index in [2.05, 4.69) is 15.9 Å². The lowest BCUT2D eigenvalue weighted by Crippen LogP contribution is -2.23. The van der Waals surface area contributed by atoms with Crippen molar-refractivity contribution in [3.63, 3.8) is 0 Å². The Labute approximate surface area is 166 Å². The van der Waals surface area contributed by atoms with Crippen molar-refractivity contribution in [1.82, 2.24) is 0 Å². The molecular weight excluding hydrogens is 410 g/mol. The third-order valence-corrected chi connectivity index (χ3v) is 4.90. The third-order valence-electron chi connectivity index (χ3n) is 4.29. The summed E-state index contributed by atoms with van der Waals surface area (Å²) in [6.45, 7) is 2.94. The number of hydrogen-bond acceptors (Lipinski definition) is 4. The minimum atomic E-state index is -0.161. The zero-order valence-corrected chi connectivity index (χ0v) is 16.5. The summed E-state index contributed by atoms with van der Waals surface area (Å²) in [5.41, 5.74) is 2.00. The molecule has 1 aliphatic rings. The molecule has 1 saturated heterocycles. The second kappa shape index (κ2) is 8.39. The summed E-state index contributed by atoms with van der Waals surface area (Å²) >= 11 is 3.29. The zero-order chi connectivity index (χ0) is 19.4. The number of rotatable bonds is 6. The molecule has 0 bridgehead atoms. The van der Waals surface area contributed by atoms with E-state index in [0.29, 0.717) is 35.4 Å². The maximum Gasteiger partial charge on any atom is 0.227 e. The minimum Gasteiger partial charge on any atom is -0.503 e. The lowest BCUT2D eigenvalue weighted by atomic mass is 10.1. The molecule has 27 heavy (non-hydrogen) atoms. The normalized spacial score (nSPS) is 14.1. The Morgan fingerprint density at radius 2 is 2.15 bits per heavy atom. The average molecular weight is 430 g/mol. The fourth-order valence-corrected chi connectivity index (χ4v) is 3.43. The molecule has 0 atom stereocenters. The van der Waals surface area contributed by atoms with Gasteiger partial charge in [-0.15, -0.1) is 0 Å². The van der Waals surface area contributed by atoms with E-state index < -0.39 is 0 Å². The number of ketones is 1. The number of carbonyl (C=O) groups excluding carboxylic acids is 2. The first-order valence-electron chi connectivity index (χ1n) is 8.77. The first-order chi connectivity index (χ1) is 13.0. The predicted octanol–water partition coefficient (Wildman–Crippen LogP) is 4.58. The summed E-state index contributed by atoms with van der Waals surface area (Å²) in [7, 11) is 0. The van der Waals surface area contributed by atoms with Gasteiger partial charge in [-0.05, 0) is 65.2 Å². The molecule has 5 nitrogen and oxygen atoms in total. The topological polar surface area (TPSA) is 66.8 Å². The Bertz CT molecular complexity index is 907. The number of amides is 1. The van der Waals surface area contributed by atoms with E-state index >= 15 is 0 Å². The van der Waals surface area contributed by atoms with Crippen LogP contribution >= 0.6 is 15.9 Å². The quantitative estimate of drug-likeness (QED) is 0.539. The molecule has 0 spiro atoms. The zero-order valence-electron chi connectivity index (χ0n) is 14.9. The smallest absolute Gasteiger partial charge is 0.227 e. The molecule has 6 heteroatoms. The molecule has 1 amide bonds. The standard InChI is InChI=1S/C21H20BrNO4/c1-2-27-19-12-14(11-17(22)21(19)26)8-9-18(24)15-5-3-6-16(13-15)23-10-4-7-20(23)25/h3,5-6,8-9,11-13,26H,2,4,7,10H2,1H3/b9-8-. The highest BCUT2D eigenvalue weighted by Crippen LogP contribution is 2.36. The monoisotopic (exact) mass is 429 g/mol. The van der Waals surface area contributed by atoms with Crippen LogP contribution in [-0.2, 0) is 4.79 Å².